The van der Waals surface area contributed by atoms with Gasteiger partial charge in [-0.05, 0) is 0 Å². The Kier molecular flexibility index (Phi) is 1.67. The van der Waals surface area contributed by atoms with E-state index in [1.54, 1.807) is 0 Å². The minimum atomic E-state index is 0.309. The monoisotopic (exact) mass is 135 g/mol. The molecule has 0 radical (unpaired) electrons. The number of rotatable bonds is 0. The summed E-state index contributed by atoms with van der Waals surface area (Å²) in [5, 5.41) is 9.68. The second-order valence-corrected chi connectivity index (χ2v) is 1.92. The third-order valence-electron chi connectivity index (χ3n) is 0.750. The van der Waals surface area contributed by atoms with Crippen LogP contribution in [0.2, 0.25) is 0 Å². The first kappa shape index (κ1) is 5.81. The van der Waals surface area contributed by atoms with Gasteiger partial charge in [0.1, 0.15) is 19.7 Å². The first-order valence-corrected chi connectivity index (χ1v) is 2.49. The minimum absolute atomic E-state index is 0.309. The highest BCUT2D eigenvalue weighted by Gasteiger charge is 2.06. The molecule has 0 unspecified atom stereocenters. The lowest BCUT2D eigenvalue weighted by atomic mass is 10.8. The van der Waals surface area contributed by atoms with Crippen molar-refractivity contribution < 1.29 is 5.21 Å². The summed E-state index contributed by atoms with van der Waals surface area (Å²) in [7, 11) is 0. The molecule has 8 heavy (non-hydrogen) atoms. The lowest BCUT2D eigenvalue weighted by Crippen LogP contribution is -2.33. The fourth-order valence-corrected chi connectivity index (χ4v) is 0.642. The number of halogens is 1. The summed E-state index contributed by atoms with van der Waals surface area (Å²) in [6.45, 7) is 0.619. The van der Waals surface area contributed by atoms with E-state index in [0.717, 1.165) is 5.06 Å². The maximum absolute atomic E-state index is 8.67. The fraction of sp³-hybridized carbons (Fsp3) is 0.667. The van der Waals surface area contributed by atoms with Gasteiger partial charge < -0.3 is 5.21 Å². The average Bonchev–Trinajstić information content (AvgIpc) is 1.64. The van der Waals surface area contributed by atoms with Crippen LogP contribution in [0.5, 0.6) is 0 Å². The van der Waals surface area contributed by atoms with E-state index in [2.05, 4.69) is 4.99 Å². The Morgan fingerprint density at radius 2 is 2.50 bits per heavy atom. The van der Waals surface area contributed by atoms with Gasteiger partial charge in [0.25, 0.3) is 0 Å². The van der Waals surface area contributed by atoms with Gasteiger partial charge in [0, 0.05) is 11.8 Å². The normalized spacial score (nSPS) is 22.0. The summed E-state index contributed by atoms with van der Waals surface area (Å²) in [6, 6.07) is 0. The van der Waals surface area contributed by atoms with Gasteiger partial charge in [0.15, 0.2) is 0 Å². The summed E-state index contributed by atoms with van der Waals surface area (Å²) in [6.07, 6.45) is 1.47. The molecule has 0 aromatic carbocycles. The van der Waals surface area contributed by atoms with Crippen LogP contribution in [0, 0.1) is 0 Å². The Labute approximate surface area is 52.0 Å². The Bertz CT molecular complexity index is 107. The Morgan fingerprint density at radius 3 is 2.88 bits per heavy atom. The lowest BCUT2D eigenvalue weighted by molar-refractivity contribution is -0.106. The predicted molar refractivity (Wildman–Crippen MR) is 29.5 cm³/mol. The molecule has 0 fully saturated rings. The van der Waals surface area contributed by atoms with E-state index in [0.29, 0.717) is 13.3 Å². The molecule has 0 bridgehead atoms. The van der Waals surface area contributed by atoms with Crippen LogP contribution in [0.15, 0.2) is 4.99 Å². The van der Waals surface area contributed by atoms with Crippen molar-refractivity contribution in [2.24, 2.45) is 4.99 Å². The molecule has 1 rings (SSSR count). The van der Waals surface area contributed by atoms with Crippen LogP contribution in [0.25, 0.3) is 0 Å². The van der Waals surface area contributed by atoms with Gasteiger partial charge in [-0.2, -0.15) is 5.06 Å². The third kappa shape index (κ3) is 1.33. The maximum Gasteiger partial charge on any atom is 0.118 e. The SMILES string of the molecule is ON1CN=CN(Cl)C1. The van der Waals surface area contributed by atoms with Crippen molar-refractivity contribution in [3.05, 3.63) is 0 Å². The van der Waals surface area contributed by atoms with Crippen molar-refractivity contribution in [3.8, 4) is 0 Å². The molecule has 0 aliphatic carbocycles. The van der Waals surface area contributed by atoms with E-state index in [-0.39, 0.29) is 0 Å². The van der Waals surface area contributed by atoms with Crippen molar-refractivity contribution in [3.63, 3.8) is 0 Å². The molecule has 0 aromatic heterocycles. The van der Waals surface area contributed by atoms with Crippen molar-refractivity contribution in [2.45, 2.75) is 0 Å². The molecule has 0 aromatic rings. The van der Waals surface area contributed by atoms with E-state index in [1.807, 2.05) is 0 Å². The number of hydroxylamine groups is 2. The first-order valence-electron chi connectivity index (χ1n) is 2.15. The van der Waals surface area contributed by atoms with E-state index in [4.69, 9.17) is 17.0 Å². The number of aliphatic imine (C=N–C) groups is 1. The second-order valence-electron chi connectivity index (χ2n) is 1.49. The van der Waals surface area contributed by atoms with Crippen LogP contribution in [-0.2, 0) is 0 Å². The molecule has 46 valence electrons. The summed E-state index contributed by atoms with van der Waals surface area (Å²) in [5.74, 6) is 0. The number of hydrogen-bond donors (Lipinski definition) is 1. The van der Waals surface area contributed by atoms with Crippen LogP contribution >= 0.6 is 11.8 Å². The highest BCUT2D eigenvalue weighted by molar-refractivity contribution is 6.18. The first-order chi connectivity index (χ1) is 3.79. The van der Waals surface area contributed by atoms with Gasteiger partial charge in [-0.15, -0.1) is 0 Å². The van der Waals surface area contributed by atoms with Crippen LogP contribution in [0.4, 0.5) is 0 Å². The Morgan fingerprint density at radius 1 is 1.75 bits per heavy atom. The summed E-state index contributed by atoms with van der Waals surface area (Å²) in [5.41, 5.74) is 0. The smallest absolute Gasteiger partial charge is 0.118 e. The van der Waals surface area contributed by atoms with Crippen molar-refractivity contribution in [2.75, 3.05) is 13.3 Å². The molecule has 0 amide bonds. The molecule has 4 nitrogen and oxygen atoms in total. The molecule has 1 aliphatic rings. The maximum atomic E-state index is 8.67. The van der Waals surface area contributed by atoms with Gasteiger partial charge in [0.2, 0.25) is 0 Å². The molecule has 1 N–H and O–H groups in total. The largest absolute Gasteiger partial charge is 0.310 e. The van der Waals surface area contributed by atoms with Crippen molar-refractivity contribution >= 4 is 18.1 Å². The standard InChI is InChI=1S/C3H6ClN3O/c4-6-1-5-2-7(8)3-6/h1,8H,2-3H2. The van der Waals surface area contributed by atoms with Crippen LogP contribution in [0.1, 0.15) is 0 Å². The zero-order valence-electron chi connectivity index (χ0n) is 4.16. The molecular weight excluding hydrogens is 130 g/mol. The van der Waals surface area contributed by atoms with Crippen LogP contribution in [-0.4, -0.2) is 34.4 Å². The fourth-order valence-electron chi connectivity index (χ4n) is 0.457. The predicted octanol–water partition coefficient (Wildman–Crippen LogP) is 0.0903. The average molecular weight is 136 g/mol. The zero-order chi connectivity index (χ0) is 5.98. The lowest BCUT2D eigenvalue weighted by Gasteiger charge is -2.20. The number of hydrogen-bond acceptors (Lipinski definition) is 4. The second kappa shape index (κ2) is 2.30. The molecule has 1 aliphatic heterocycles. The molecule has 1 heterocycles. The summed E-state index contributed by atoms with van der Waals surface area (Å²) >= 11 is 5.39. The van der Waals surface area contributed by atoms with Crippen molar-refractivity contribution in [1.82, 2.24) is 9.48 Å². The molecular formula is C3H6ClN3O. The van der Waals surface area contributed by atoms with E-state index < -0.39 is 0 Å². The van der Waals surface area contributed by atoms with E-state index in [9.17, 15) is 0 Å². The van der Waals surface area contributed by atoms with E-state index in [1.165, 1.54) is 10.8 Å². The van der Waals surface area contributed by atoms with Crippen molar-refractivity contribution in [1.29, 1.82) is 0 Å². The topological polar surface area (TPSA) is 39.1 Å². The van der Waals surface area contributed by atoms with E-state index >= 15 is 0 Å². The van der Waals surface area contributed by atoms with Crippen LogP contribution < -0.4 is 0 Å². The Balaban J connectivity index is 2.42. The van der Waals surface area contributed by atoms with Gasteiger partial charge in [-0.25, -0.2) is 0 Å². The van der Waals surface area contributed by atoms with Crippen LogP contribution in [0.3, 0.4) is 0 Å². The summed E-state index contributed by atoms with van der Waals surface area (Å²) < 4.78 is 1.27. The Hall–Kier alpha value is -0.320. The highest BCUT2D eigenvalue weighted by atomic mass is 35.5. The molecule has 5 heteroatoms. The molecule has 0 spiro atoms. The minimum Gasteiger partial charge on any atom is -0.310 e. The van der Waals surface area contributed by atoms with Gasteiger partial charge in [-0.1, -0.05) is 0 Å². The third-order valence-corrected chi connectivity index (χ3v) is 0.944. The molecule has 0 atom stereocenters. The highest BCUT2D eigenvalue weighted by Crippen LogP contribution is 1.97. The van der Waals surface area contributed by atoms with Gasteiger partial charge in [-0.3, -0.25) is 9.41 Å². The summed E-state index contributed by atoms with van der Waals surface area (Å²) in [4.78, 5) is 3.68. The number of nitrogens with zero attached hydrogens (tertiary/aromatic N) is 3. The molecule has 0 saturated carbocycles. The zero-order valence-corrected chi connectivity index (χ0v) is 4.91. The van der Waals surface area contributed by atoms with Gasteiger partial charge in [0.05, 0.1) is 0 Å². The van der Waals surface area contributed by atoms with Gasteiger partial charge >= 0.3 is 0 Å². The molecule has 0 saturated heterocycles. The quantitative estimate of drug-likeness (QED) is 0.479.